The molecule has 6 nitrogen and oxygen atoms in total. The first-order chi connectivity index (χ1) is 9.64. The molecule has 0 bridgehead atoms. The van der Waals surface area contributed by atoms with Crippen LogP contribution in [0, 0.1) is 0 Å². The molecule has 0 spiro atoms. The van der Waals surface area contributed by atoms with Gasteiger partial charge >= 0.3 is 0 Å². The highest BCUT2D eigenvalue weighted by molar-refractivity contribution is 7.90. The summed E-state index contributed by atoms with van der Waals surface area (Å²) in [6, 6.07) is -0.485. The molecule has 21 heavy (non-hydrogen) atoms. The lowest BCUT2D eigenvalue weighted by Gasteiger charge is -2.44. The highest BCUT2D eigenvalue weighted by Crippen LogP contribution is 2.24. The third kappa shape index (κ3) is 4.43. The number of rotatable bonds is 7. The van der Waals surface area contributed by atoms with Crippen LogP contribution < -0.4 is 5.32 Å². The quantitative estimate of drug-likeness (QED) is 0.749. The molecule has 0 radical (unpaired) electrons. The van der Waals surface area contributed by atoms with Gasteiger partial charge in [0.05, 0.1) is 5.75 Å². The zero-order chi connectivity index (χ0) is 16.3. The van der Waals surface area contributed by atoms with Gasteiger partial charge in [-0.3, -0.25) is 9.59 Å². The van der Waals surface area contributed by atoms with Gasteiger partial charge in [0, 0.05) is 12.8 Å². The molecule has 1 rings (SSSR count). The summed E-state index contributed by atoms with van der Waals surface area (Å²) in [6.45, 7) is 5.84. The third-order valence-electron chi connectivity index (χ3n) is 3.99. The minimum absolute atomic E-state index is 0.0279. The molecule has 0 aliphatic carbocycles. The average Bonchev–Trinajstić information content (AvgIpc) is 2.38. The van der Waals surface area contributed by atoms with E-state index >= 15 is 0 Å². The maximum absolute atomic E-state index is 12.6. The SMILES string of the molecule is CCCC1C(=O)NC(C)(CC)C(=O)N1CCCS(C)(=O)=O. The molecule has 0 aromatic heterocycles. The number of hydrogen-bond donors (Lipinski definition) is 1. The van der Waals surface area contributed by atoms with Crippen LogP contribution >= 0.6 is 0 Å². The predicted octanol–water partition coefficient (Wildman–Crippen LogP) is 0.717. The zero-order valence-corrected chi connectivity index (χ0v) is 14.1. The molecule has 1 heterocycles. The molecule has 0 saturated carbocycles. The van der Waals surface area contributed by atoms with E-state index in [-0.39, 0.29) is 17.6 Å². The largest absolute Gasteiger partial charge is 0.340 e. The minimum Gasteiger partial charge on any atom is -0.340 e. The Morgan fingerprint density at radius 1 is 1.29 bits per heavy atom. The van der Waals surface area contributed by atoms with Crippen LogP contribution in [-0.2, 0) is 19.4 Å². The van der Waals surface area contributed by atoms with Gasteiger partial charge in [-0.15, -0.1) is 0 Å². The molecule has 2 unspecified atom stereocenters. The Morgan fingerprint density at radius 2 is 1.90 bits per heavy atom. The van der Waals surface area contributed by atoms with Crippen molar-refractivity contribution in [1.82, 2.24) is 10.2 Å². The van der Waals surface area contributed by atoms with Crippen molar-refractivity contribution in [3.8, 4) is 0 Å². The average molecular weight is 318 g/mol. The number of carbonyl (C=O) groups excluding carboxylic acids is 2. The Labute approximate surface area is 127 Å². The summed E-state index contributed by atoms with van der Waals surface area (Å²) in [4.78, 5) is 26.4. The fourth-order valence-electron chi connectivity index (χ4n) is 2.56. The summed E-state index contributed by atoms with van der Waals surface area (Å²) in [5.74, 6) is -0.225. The van der Waals surface area contributed by atoms with E-state index in [1.54, 1.807) is 11.8 Å². The Hall–Kier alpha value is -1.11. The van der Waals surface area contributed by atoms with Crippen LogP contribution in [0.2, 0.25) is 0 Å². The van der Waals surface area contributed by atoms with Gasteiger partial charge in [0.1, 0.15) is 21.4 Å². The van der Waals surface area contributed by atoms with Crippen molar-refractivity contribution in [2.75, 3.05) is 18.6 Å². The van der Waals surface area contributed by atoms with Crippen LogP contribution in [0.25, 0.3) is 0 Å². The molecule has 1 aliphatic rings. The summed E-state index contributed by atoms with van der Waals surface area (Å²) < 4.78 is 22.5. The van der Waals surface area contributed by atoms with E-state index in [9.17, 15) is 18.0 Å². The van der Waals surface area contributed by atoms with E-state index in [4.69, 9.17) is 0 Å². The Balaban J connectivity index is 2.90. The molecular weight excluding hydrogens is 292 g/mol. The van der Waals surface area contributed by atoms with Gasteiger partial charge in [-0.2, -0.15) is 0 Å². The summed E-state index contributed by atoms with van der Waals surface area (Å²) in [5.41, 5.74) is -0.883. The monoisotopic (exact) mass is 318 g/mol. The van der Waals surface area contributed by atoms with E-state index in [0.717, 1.165) is 6.42 Å². The molecule has 1 aliphatic heterocycles. The molecule has 122 valence electrons. The number of hydrogen-bond acceptors (Lipinski definition) is 4. The fourth-order valence-corrected chi connectivity index (χ4v) is 3.22. The standard InChI is InChI=1S/C14H26N2O4S/c1-5-8-11-12(17)15-14(3,6-2)13(18)16(11)9-7-10-21(4,19)20/h11H,5-10H2,1-4H3,(H,15,17). The van der Waals surface area contributed by atoms with Crippen molar-refractivity contribution in [2.24, 2.45) is 0 Å². The van der Waals surface area contributed by atoms with Gasteiger partial charge in [-0.1, -0.05) is 20.3 Å². The molecule has 2 atom stereocenters. The van der Waals surface area contributed by atoms with Crippen molar-refractivity contribution in [1.29, 1.82) is 0 Å². The molecule has 1 N–H and O–H groups in total. The normalized spacial score (nSPS) is 26.9. The van der Waals surface area contributed by atoms with Gasteiger partial charge in [0.25, 0.3) is 0 Å². The van der Waals surface area contributed by atoms with Crippen molar-refractivity contribution in [3.63, 3.8) is 0 Å². The predicted molar refractivity (Wildman–Crippen MR) is 81.6 cm³/mol. The van der Waals surface area contributed by atoms with Crippen molar-refractivity contribution < 1.29 is 18.0 Å². The van der Waals surface area contributed by atoms with E-state index in [0.29, 0.717) is 25.8 Å². The van der Waals surface area contributed by atoms with Crippen LogP contribution in [0.3, 0.4) is 0 Å². The van der Waals surface area contributed by atoms with Gasteiger partial charge in [0.2, 0.25) is 11.8 Å². The van der Waals surface area contributed by atoms with Gasteiger partial charge in [-0.05, 0) is 26.2 Å². The second-order valence-electron chi connectivity index (χ2n) is 5.96. The maximum atomic E-state index is 12.6. The number of nitrogens with one attached hydrogen (secondary N) is 1. The van der Waals surface area contributed by atoms with E-state index in [1.165, 1.54) is 6.26 Å². The van der Waals surface area contributed by atoms with E-state index < -0.39 is 21.4 Å². The second-order valence-corrected chi connectivity index (χ2v) is 8.22. The summed E-state index contributed by atoms with van der Waals surface area (Å²) in [7, 11) is -3.06. The van der Waals surface area contributed by atoms with Crippen molar-refractivity contribution in [2.45, 2.75) is 58.0 Å². The lowest BCUT2D eigenvalue weighted by molar-refractivity contribution is -0.154. The third-order valence-corrected chi connectivity index (χ3v) is 5.02. The van der Waals surface area contributed by atoms with Crippen molar-refractivity contribution in [3.05, 3.63) is 0 Å². The van der Waals surface area contributed by atoms with E-state index in [1.807, 2.05) is 13.8 Å². The molecule has 2 amide bonds. The van der Waals surface area contributed by atoms with E-state index in [2.05, 4.69) is 5.32 Å². The number of piperazine rings is 1. The van der Waals surface area contributed by atoms with Crippen LogP contribution in [0.15, 0.2) is 0 Å². The molecule has 0 aromatic carbocycles. The topological polar surface area (TPSA) is 83.6 Å². The maximum Gasteiger partial charge on any atom is 0.248 e. The number of nitrogens with zero attached hydrogens (tertiary/aromatic N) is 1. The molecule has 7 heteroatoms. The zero-order valence-electron chi connectivity index (χ0n) is 13.3. The van der Waals surface area contributed by atoms with Gasteiger partial charge in [-0.25, -0.2) is 8.42 Å². The van der Waals surface area contributed by atoms with Gasteiger partial charge in [0.15, 0.2) is 0 Å². The first kappa shape index (κ1) is 17.9. The first-order valence-electron chi connectivity index (χ1n) is 7.45. The Morgan fingerprint density at radius 3 is 2.38 bits per heavy atom. The Bertz CT molecular complexity index is 503. The van der Waals surface area contributed by atoms with Gasteiger partial charge < -0.3 is 10.2 Å². The fraction of sp³-hybridized carbons (Fsp3) is 0.857. The highest BCUT2D eigenvalue weighted by atomic mass is 32.2. The molecular formula is C14H26N2O4S. The second kappa shape index (κ2) is 6.77. The number of carbonyl (C=O) groups is 2. The number of amides is 2. The Kier molecular flexibility index (Phi) is 5.78. The molecule has 1 fully saturated rings. The van der Waals surface area contributed by atoms with Crippen molar-refractivity contribution >= 4 is 21.7 Å². The summed E-state index contributed by atoms with van der Waals surface area (Å²) in [6.07, 6.45) is 3.43. The molecule has 0 aromatic rings. The van der Waals surface area contributed by atoms with Crippen LogP contribution in [0.5, 0.6) is 0 Å². The first-order valence-corrected chi connectivity index (χ1v) is 9.51. The van der Waals surface area contributed by atoms with Crippen LogP contribution in [0.1, 0.15) is 46.5 Å². The summed E-state index contributed by atoms with van der Waals surface area (Å²) in [5, 5.41) is 2.82. The molecule has 1 saturated heterocycles. The smallest absolute Gasteiger partial charge is 0.248 e. The lowest BCUT2D eigenvalue weighted by atomic mass is 9.90. The lowest BCUT2D eigenvalue weighted by Crippen LogP contribution is -2.69. The van der Waals surface area contributed by atoms with Crippen LogP contribution in [0.4, 0.5) is 0 Å². The summed E-state index contributed by atoms with van der Waals surface area (Å²) >= 11 is 0. The number of sulfone groups is 1. The van der Waals surface area contributed by atoms with Crippen LogP contribution in [-0.4, -0.2) is 55.3 Å². The highest BCUT2D eigenvalue weighted by Gasteiger charge is 2.46. The minimum atomic E-state index is -3.06.